The van der Waals surface area contributed by atoms with Crippen molar-refractivity contribution in [2.75, 3.05) is 13.1 Å². The standard InChI is InChI=1S/C13H16BrF2N/c14-11-4-9(5-12(15)7-11)6-13(16)10-2-1-3-17-8-10/h4-5,7,10,13,17H,1-3,6,8H2. The van der Waals surface area contributed by atoms with Gasteiger partial charge >= 0.3 is 0 Å². The lowest BCUT2D eigenvalue weighted by Gasteiger charge is -2.25. The molecular weight excluding hydrogens is 288 g/mol. The van der Waals surface area contributed by atoms with Gasteiger partial charge in [0.05, 0.1) is 0 Å². The van der Waals surface area contributed by atoms with Gasteiger partial charge in [0.2, 0.25) is 0 Å². The van der Waals surface area contributed by atoms with Crippen LogP contribution < -0.4 is 5.32 Å². The Morgan fingerprint density at radius 1 is 1.41 bits per heavy atom. The fraction of sp³-hybridized carbons (Fsp3) is 0.538. The Morgan fingerprint density at radius 2 is 2.24 bits per heavy atom. The normalized spacial score (nSPS) is 22.4. The molecule has 1 saturated heterocycles. The fourth-order valence-electron chi connectivity index (χ4n) is 2.31. The van der Waals surface area contributed by atoms with Gasteiger partial charge in [-0.3, -0.25) is 0 Å². The second-order valence-electron chi connectivity index (χ2n) is 4.60. The van der Waals surface area contributed by atoms with Crippen molar-refractivity contribution in [1.29, 1.82) is 0 Å². The molecule has 1 heterocycles. The smallest absolute Gasteiger partial charge is 0.124 e. The molecule has 4 heteroatoms. The summed E-state index contributed by atoms with van der Waals surface area (Å²) in [4.78, 5) is 0. The first kappa shape index (κ1) is 13.0. The molecule has 0 radical (unpaired) electrons. The zero-order chi connectivity index (χ0) is 12.3. The topological polar surface area (TPSA) is 12.0 Å². The van der Waals surface area contributed by atoms with Crippen molar-refractivity contribution in [1.82, 2.24) is 5.32 Å². The summed E-state index contributed by atoms with van der Waals surface area (Å²) in [7, 11) is 0. The Labute approximate surface area is 109 Å². The van der Waals surface area contributed by atoms with E-state index in [-0.39, 0.29) is 11.7 Å². The number of halogens is 3. The number of piperidine rings is 1. The third-order valence-electron chi connectivity index (χ3n) is 3.20. The summed E-state index contributed by atoms with van der Waals surface area (Å²) < 4.78 is 27.9. The Kier molecular flexibility index (Phi) is 4.51. The average Bonchev–Trinajstić information content (AvgIpc) is 2.28. The van der Waals surface area contributed by atoms with Gasteiger partial charge in [-0.1, -0.05) is 15.9 Å². The maximum absolute atomic E-state index is 14.1. The molecule has 17 heavy (non-hydrogen) atoms. The highest BCUT2D eigenvalue weighted by molar-refractivity contribution is 9.10. The fourth-order valence-corrected chi connectivity index (χ4v) is 2.82. The van der Waals surface area contributed by atoms with Crippen molar-refractivity contribution in [3.8, 4) is 0 Å². The van der Waals surface area contributed by atoms with Gasteiger partial charge in [0.1, 0.15) is 12.0 Å². The summed E-state index contributed by atoms with van der Waals surface area (Å²) in [6.45, 7) is 1.71. The largest absolute Gasteiger partial charge is 0.316 e. The quantitative estimate of drug-likeness (QED) is 0.901. The highest BCUT2D eigenvalue weighted by Crippen LogP contribution is 2.23. The van der Waals surface area contributed by atoms with Crippen LogP contribution in [0.15, 0.2) is 22.7 Å². The molecule has 0 aliphatic carbocycles. The van der Waals surface area contributed by atoms with Gasteiger partial charge in [-0.15, -0.1) is 0 Å². The van der Waals surface area contributed by atoms with E-state index in [1.165, 1.54) is 12.1 Å². The highest BCUT2D eigenvalue weighted by Gasteiger charge is 2.23. The van der Waals surface area contributed by atoms with Crippen LogP contribution in [-0.4, -0.2) is 19.3 Å². The van der Waals surface area contributed by atoms with Crippen molar-refractivity contribution in [3.05, 3.63) is 34.1 Å². The Balaban J connectivity index is 1.99. The van der Waals surface area contributed by atoms with Gasteiger partial charge in [-0.05, 0) is 43.1 Å². The molecule has 0 amide bonds. The SMILES string of the molecule is Fc1cc(Br)cc(CC(F)C2CCCNC2)c1. The molecule has 0 saturated carbocycles. The van der Waals surface area contributed by atoms with Crippen molar-refractivity contribution in [3.63, 3.8) is 0 Å². The molecule has 1 aliphatic rings. The lowest BCUT2D eigenvalue weighted by Crippen LogP contribution is -2.35. The predicted molar refractivity (Wildman–Crippen MR) is 68.3 cm³/mol. The van der Waals surface area contributed by atoms with Gasteiger partial charge in [0, 0.05) is 23.4 Å². The van der Waals surface area contributed by atoms with Crippen LogP contribution in [-0.2, 0) is 6.42 Å². The lowest BCUT2D eigenvalue weighted by molar-refractivity contribution is 0.191. The van der Waals surface area contributed by atoms with E-state index >= 15 is 0 Å². The molecule has 1 fully saturated rings. The van der Waals surface area contributed by atoms with Crippen LogP contribution in [0.5, 0.6) is 0 Å². The molecule has 0 bridgehead atoms. The predicted octanol–water partition coefficient (Wildman–Crippen LogP) is 3.47. The van der Waals surface area contributed by atoms with Crippen LogP contribution in [0.25, 0.3) is 0 Å². The van der Waals surface area contributed by atoms with Crippen LogP contribution in [0.3, 0.4) is 0 Å². The van der Waals surface area contributed by atoms with Crippen LogP contribution in [0, 0.1) is 11.7 Å². The molecule has 1 aromatic rings. The van der Waals surface area contributed by atoms with E-state index in [0.717, 1.165) is 31.5 Å². The van der Waals surface area contributed by atoms with Gasteiger partial charge in [0.25, 0.3) is 0 Å². The number of rotatable bonds is 3. The van der Waals surface area contributed by atoms with Crippen molar-refractivity contribution in [2.24, 2.45) is 5.92 Å². The summed E-state index contributed by atoms with van der Waals surface area (Å²) in [6, 6.07) is 4.58. The van der Waals surface area contributed by atoms with Crippen LogP contribution in [0.1, 0.15) is 18.4 Å². The monoisotopic (exact) mass is 303 g/mol. The lowest BCUT2D eigenvalue weighted by atomic mass is 9.91. The molecule has 1 nitrogen and oxygen atoms in total. The third kappa shape index (κ3) is 3.75. The van der Waals surface area contributed by atoms with E-state index in [1.807, 2.05) is 0 Å². The number of nitrogens with one attached hydrogen (secondary N) is 1. The number of hydrogen-bond acceptors (Lipinski definition) is 1. The molecule has 0 spiro atoms. The van der Waals surface area contributed by atoms with Gasteiger partial charge in [0.15, 0.2) is 0 Å². The molecule has 2 rings (SSSR count). The number of hydrogen-bond donors (Lipinski definition) is 1. The van der Waals surface area contributed by atoms with Crippen molar-refractivity contribution in [2.45, 2.75) is 25.4 Å². The molecule has 1 aliphatic heterocycles. The van der Waals surface area contributed by atoms with E-state index in [9.17, 15) is 8.78 Å². The summed E-state index contributed by atoms with van der Waals surface area (Å²) in [5.41, 5.74) is 0.718. The molecule has 1 aromatic carbocycles. The van der Waals surface area contributed by atoms with Gasteiger partial charge in [-0.2, -0.15) is 0 Å². The first-order valence-corrected chi connectivity index (χ1v) is 6.74. The zero-order valence-corrected chi connectivity index (χ0v) is 11.1. The minimum atomic E-state index is -0.892. The Hall–Kier alpha value is -0.480. The van der Waals surface area contributed by atoms with Gasteiger partial charge < -0.3 is 5.32 Å². The molecule has 2 atom stereocenters. The highest BCUT2D eigenvalue weighted by atomic mass is 79.9. The van der Waals surface area contributed by atoms with E-state index in [1.54, 1.807) is 6.07 Å². The average molecular weight is 304 g/mol. The van der Waals surface area contributed by atoms with Crippen molar-refractivity contribution < 1.29 is 8.78 Å². The Morgan fingerprint density at radius 3 is 2.88 bits per heavy atom. The molecule has 0 aromatic heterocycles. The first-order valence-electron chi connectivity index (χ1n) is 5.95. The first-order chi connectivity index (χ1) is 8.15. The summed E-state index contributed by atoms with van der Waals surface area (Å²) >= 11 is 3.22. The van der Waals surface area contributed by atoms with E-state index in [2.05, 4.69) is 21.2 Å². The van der Waals surface area contributed by atoms with E-state index < -0.39 is 6.17 Å². The molecule has 1 N–H and O–H groups in total. The van der Waals surface area contributed by atoms with E-state index in [0.29, 0.717) is 10.9 Å². The van der Waals surface area contributed by atoms with E-state index in [4.69, 9.17) is 0 Å². The summed E-state index contributed by atoms with van der Waals surface area (Å²) in [5.74, 6) is -0.255. The second-order valence-corrected chi connectivity index (χ2v) is 5.52. The summed E-state index contributed by atoms with van der Waals surface area (Å²) in [5, 5.41) is 3.20. The maximum Gasteiger partial charge on any atom is 0.124 e. The zero-order valence-electron chi connectivity index (χ0n) is 9.56. The van der Waals surface area contributed by atoms with Crippen LogP contribution in [0.4, 0.5) is 8.78 Å². The molecular formula is C13H16BrF2N. The maximum atomic E-state index is 14.1. The molecule has 2 unspecified atom stereocenters. The van der Waals surface area contributed by atoms with Crippen molar-refractivity contribution >= 4 is 15.9 Å². The second kappa shape index (κ2) is 5.91. The molecule has 94 valence electrons. The minimum Gasteiger partial charge on any atom is -0.316 e. The Bertz CT molecular complexity index is 357. The summed E-state index contributed by atoms with van der Waals surface area (Å²) in [6.07, 6.45) is 1.35. The number of alkyl halides is 1. The number of benzene rings is 1. The van der Waals surface area contributed by atoms with Crippen LogP contribution >= 0.6 is 15.9 Å². The van der Waals surface area contributed by atoms with Crippen LogP contribution in [0.2, 0.25) is 0 Å². The minimum absolute atomic E-state index is 0.0609. The third-order valence-corrected chi connectivity index (χ3v) is 3.66. The van der Waals surface area contributed by atoms with Gasteiger partial charge in [-0.25, -0.2) is 8.78 Å².